The van der Waals surface area contributed by atoms with Crippen LogP contribution in [0.15, 0.2) is 18.2 Å². The van der Waals surface area contributed by atoms with Gasteiger partial charge in [-0.15, -0.1) is 0 Å². The van der Waals surface area contributed by atoms with Crippen molar-refractivity contribution in [2.24, 2.45) is 0 Å². The molecule has 0 aliphatic heterocycles. The van der Waals surface area contributed by atoms with E-state index in [1.54, 1.807) is 0 Å². The Morgan fingerprint density at radius 3 is 2.74 bits per heavy atom. The molecule has 0 aliphatic rings. The fraction of sp³-hybridized carbons (Fsp3) is 0.364. The Kier molecular flexibility index (Phi) is 4.99. The Morgan fingerprint density at radius 1 is 1.42 bits per heavy atom. The van der Waals surface area contributed by atoms with Crippen molar-refractivity contribution in [2.75, 3.05) is 25.5 Å². The van der Waals surface area contributed by atoms with Gasteiger partial charge in [0.05, 0.1) is 12.2 Å². The highest BCUT2D eigenvalue weighted by molar-refractivity contribution is 5.99. The minimum atomic E-state index is -4.39. The number of halogens is 3. The molecule has 0 saturated heterocycles. The number of alkyl halides is 3. The standard InChI is InChI=1S/C11H13F3N2O3/c12-11(13,14)6-19-4-3-16-10(18)8-5-7(17)1-2-9(8)15/h1-2,5,17H,3-4,6,15H2,(H,16,18). The van der Waals surface area contributed by atoms with Gasteiger partial charge in [-0.25, -0.2) is 0 Å². The smallest absolute Gasteiger partial charge is 0.411 e. The third-order valence-corrected chi connectivity index (χ3v) is 2.08. The number of hydrogen-bond donors (Lipinski definition) is 3. The summed E-state index contributed by atoms with van der Waals surface area (Å²) in [5.74, 6) is -0.725. The molecule has 0 spiro atoms. The molecule has 0 bridgehead atoms. The Labute approximate surface area is 107 Å². The highest BCUT2D eigenvalue weighted by atomic mass is 19.4. The van der Waals surface area contributed by atoms with Gasteiger partial charge in [-0.05, 0) is 18.2 Å². The molecule has 0 heterocycles. The van der Waals surface area contributed by atoms with Crippen molar-refractivity contribution in [1.82, 2.24) is 5.32 Å². The average molecular weight is 278 g/mol. The van der Waals surface area contributed by atoms with E-state index in [0.29, 0.717) is 0 Å². The maximum Gasteiger partial charge on any atom is 0.411 e. The zero-order chi connectivity index (χ0) is 14.5. The van der Waals surface area contributed by atoms with E-state index in [1.165, 1.54) is 18.2 Å². The number of amides is 1. The van der Waals surface area contributed by atoms with Gasteiger partial charge < -0.3 is 20.9 Å². The predicted molar refractivity (Wildman–Crippen MR) is 61.7 cm³/mol. The number of ether oxygens (including phenoxy) is 1. The van der Waals surface area contributed by atoms with Crippen LogP contribution in [0.1, 0.15) is 10.4 Å². The van der Waals surface area contributed by atoms with E-state index in [9.17, 15) is 23.1 Å². The number of rotatable bonds is 5. The number of carbonyl (C=O) groups is 1. The number of nitrogens with two attached hydrogens (primary N) is 1. The van der Waals surface area contributed by atoms with Crippen LogP contribution in [0.25, 0.3) is 0 Å². The lowest BCUT2D eigenvalue weighted by Gasteiger charge is -2.09. The normalized spacial score (nSPS) is 11.3. The molecule has 1 rings (SSSR count). The van der Waals surface area contributed by atoms with Gasteiger partial charge in [0.2, 0.25) is 0 Å². The van der Waals surface area contributed by atoms with Crippen LogP contribution >= 0.6 is 0 Å². The molecule has 19 heavy (non-hydrogen) atoms. The first kappa shape index (κ1) is 15.1. The molecule has 0 radical (unpaired) electrons. The molecule has 0 unspecified atom stereocenters. The molecule has 0 saturated carbocycles. The van der Waals surface area contributed by atoms with E-state index in [2.05, 4.69) is 10.1 Å². The van der Waals surface area contributed by atoms with Crippen molar-refractivity contribution in [3.63, 3.8) is 0 Å². The quantitative estimate of drug-likeness (QED) is 0.430. The van der Waals surface area contributed by atoms with Gasteiger partial charge in [-0.3, -0.25) is 4.79 Å². The van der Waals surface area contributed by atoms with Crippen LogP contribution < -0.4 is 11.1 Å². The zero-order valence-electron chi connectivity index (χ0n) is 9.83. The molecular weight excluding hydrogens is 265 g/mol. The van der Waals surface area contributed by atoms with Gasteiger partial charge in [-0.1, -0.05) is 0 Å². The van der Waals surface area contributed by atoms with Crippen LogP contribution in [0.2, 0.25) is 0 Å². The second kappa shape index (κ2) is 6.28. The average Bonchev–Trinajstić information content (AvgIpc) is 2.30. The lowest BCUT2D eigenvalue weighted by molar-refractivity contribution is -0.173. The summed E-state index contributed by atoms with van der Waals surface area (Å²) in [7, 11) is 0. The number of hydrogen-bond acceptors (Lipinski definition) is 4. The first-order valence-electron chi connectivity index (χ1n) is 5.31. The largest absolute Gasteiger partial charge is 0.508 e. The second-order valence-corrected chi connectivity index (χ2v) is 3.70. The van der Waals surface area contributed by atoms with Crippen molar-refractivity contribution in [2.45, 2.75) is 6.18 Å². The van der Waals surface area contributed by atoms with Crippen LogP contribution in [-0.4, -0.2) is 36.9 Å². The maximum absolute atomic E-state index is 11.7. The fourth-order valence-electron chi connectivity index (χ4n) is 1.26. The van der Waals surface area contributed by atoms with Crippen molar-refractivity contribution < 1.29 is 27.8 Å². The van der Waals surface area contributed by atoms with E-state index < -0.39 is 18.7 Å². The predicted octanol–water partition coefficient (Wildman–Crippen LogP) is 1.28. The number of phenols is 1. The van der Waals surface area contributed by atoms with E-state index in [-0.39, 0.29) is 30.2 Å². The van der Waals surface area contributed by atoms with Crippen molar-refractivity contribution in [1.29, 1.82) is 0 Å². The van der Waals surface area contributed by atoms with Crippen LogP contribution in [0.5, 0.6) is 5.75 Å². The fourth-order valence-corrected chi connectivity index (χ4v) is 1.26. The molecule has 1 amide bonds. The number of carbonyl (C=O) groups excluding carboxylic acids is 1. The molecule has 4 N–H and O–H groups in total. The summed E-state index contributed by atoms with van der Waals surface area (Å²) in [6.45, 7) is -1.73. The number of nitrogens with one attached hydrogen (secondary N) is 1. The Balaban J connectivity index is 2.38. The van der Waals surface area contributed by atoms with Crippen molar-refractivity contribution in [3.8, 4) is 5.75 Å². The monoisotopic (exact) mass is 278 g/mol. The summed E-state index contributed by atoms with van der Waals surface area (Å²) in [5, 5.41) is 11.5. The molecule has 0 aromatic heterocycles. The first-order chi connectivity index (χ1) is 8.79. The molecule has 0 atom stereocenters. The summed E-state index contributed by atoms with van der Waals surface area (Å²) in [6.07, 6.45) is -4.39. The zero-order valence-corrected chi connectivity index (χ0v) is 9.83. The van der Waals surface area contributed by atoms with Gasteiger partial charge in [0.25, 0.3) is 5.91 Å². The van der Waals surface area contributed by atoms with Crippen LogP contribution in [0, 0.1) is 0 Å². The minimum absolute atomic E-state index is 0.0517. The topological polar surface area (TPSA) is 84.6 Å². The third kappa shape index (κ3) is 5.47. The lowest BCUT2D eigenvalue weighted by atomic mass is 10.1. The summed E-state index contributed by atoms with van der Waals surface area (Å²) in [6, 6.07) is 3.84. The first-order valence-corrected chi connectivity index (χ1v) is 5.31. The molecule has 0 fully saturated rings. The van der Waals surface area contributed by atoms with Gasteiger partial charge in [0.15, 0.2) is 0 Å². The van der Waals surface area contributed by atoms with E-state index in [1.807, 2.05) is 0 Å². The van der Waals surface area contributed by atoms with Gasteiger partial charge in [-0.2, -0.15) is 13.2 Å². The van der Waals surface area contributed by atoms with Crippen LogP contribution in [-0.2, 0) is 4.74 Å². The van der Waals surface area contributed by atoms with Crippen LogP contribution in [0.3, 0.4) is 0 Å². The Bertz CT molecular complexity index is 449. The van der Waals surface area contributed by atoms with Crippen molar-refractivity contribution >= 4 is 11.6 Å². The number of phenolic OH excluding ortho intramolecular Hbond substituents is 1. The molecule has 1 aromatic rings. The second-order valence-electron chi connectivity index (χ2n) is 3.70. The van der Waals surface area contributed by atoms with Gasteiger partial charge in [0.1, 0.15) is 12.4 Å². The number of nitrogen functional groups attached to an aromatic ring is 1. The maximum atomic E-state index is 11.7. The van der Waals surface area contributed by atoms with E-state index >= 15 is 0 Å². The molecule has 1 aromatic carbocycles. The summed E-state index contributed by atoms with van der Waals surface area (Å²) < 4.78 is 39.6. The molecule has 0 aliphatic carbocycles. The van der Waals surface area contributed by atoms with Crippen LogP contribution in [0.4, 0.5) is 18.9 Å². The Morgan fingerprint density at radius 2 is 2.11 bits per heavy atom. The minimum Gasteiger partial charge on any atom is -0.508 e. The SMILES string of the molecule is Nc1ccc(O)cc1C(=O)NCCOCC(F)(F)F. The highest BCUT2D eigenvalue weighted by Gasteiger charge is 2.27. The third-order valence-electron chi connectivity index (χ3n) is 2.08. The van der Waals surface area contributed by atoms with Gasteiger partial charge >= 0.3 is 6.18 Å². The summed E-state index contributed by atoms with van der Waals surface area (Å²) in [4.78, 5) is 11.6. The lowest BCUT2D eigenvalue weighted by Crippen LogP contribution is -2.29. The van der Waals surface area contributed by atoms with E-state index in [4.69, 9.17) is 5.73 Å². The molecule has 5 nitrogen and oxygen atoms in total. The summed E-state index contributed by atoms with van der Waals surface area (Å²) in [5.41, 5.74) is 5.74. The molecule has 106 valence electrons. The van der Waals surface area contributed by atoms with Crippen molar-refractivity contribution in [3.05, 3.63) is 23.8 Å². The van der Waals surface area contributed by atoms with E-state index in [0.717, 1.165) is 0 Å². The van der Waals surface area contributed by atoms with Gasteiger partial charge in [0, 0.05) is 12.2 Å². The summed E-state index contributed by atoms with van der Waals surface area (Å²) >= 11 is 0. The number of benzene rings is 1. The molecular formula is C11H13F3N2O3. The molecule has 8 heteroatoms. The highest BCUT2D eigenvalue weighted by Crippen LogP contribution is 2.18. The number of aromatic hydroxyl groups is 1. The Hall–Kier alpha value is -1.96. The number of anilines is 1.